The summed E-state index contributed by atoms with van der Waals surface area (Å²) in [7, 11) is 0. The lowest BCUT2D eigenvalue weighted by Gasteiger charge is -2.08. The van der Waals surface area contributed by atoms with Crippen molar-refractivity contribution in [3.8, 4) is 0 Å². The van der Waals surface area contributed by atoms with Gasteiger partial charge in [-0.2, -0.15) is 0 Å². The standard InChI is InChI=1S/C13H15N3O3/c17-13(15-11-6-7-14-9-11)5-4-10-2-1-3-12(8-10)16(18)19/h1-5,8,11,14H,6-7,9H2,(H,15,17). The van der Waals surface area contributed by atoms with Gasteiger partial charge in [-0.05, 0) is 24.6 Å². The topological polar surface area (TPSA) is 84.3 Å². The van der Waals surface area contributed by atoms with Gasteiger partial charge in [0.2, 0.25) is 5.91 Å². The highest BCUT2D eigenvalue weighted by atomic mass is 16.6. The Morgan fingerprint density at radius 1 is 1.53 bits per heavy atom. The molecule has 19 heavy (non-hydrogen) atoms. The van der Waals surface area contributed by atoms with Crippen LogP contribution < -0.4 is 10.6 Å². The molecule has 0 radical (unpaired) electrons. The molecule has 1 amide bonds. The Morgan fingerprint density at radius 3 is 3.05 bits per heavy atom. The summed E-state index contributed by atoms with van der Waals surface area (Å²) >= 11 is 0. The minimum Gasteiger partial charge on any atom is -0.348 e. The molecule has 100 valence electrons. The summed E-state index contributed by atoms with van der Waals surface area (Å²) in [5.74, 6) is -0.180. The van der Waals surface area contributed by atoms with E-state index in [2.05, 4.69) is 10.6 Å². The zero-order valence-electron chi connectivity index (χ0n) is 10.3. The van der Waals surface area contributed by atoms with Gasteiger partial charge in [0, 0.05) is 30.8 Å². The molecule has 1 aliphatic rings. The van der Waals surface area contributed by atoms with Crippen LogP contribution in [0.5, 0.6) is 0 Å². The molecule has 0 spiro atoms. The fraction of sp³-hybridized carbons (Fsp3) is 0.308. The van der Waals surface area contributed by atoms with Gasteiger partial charge in [0.25, 0.3) is 5.69 Å². The van der Waals surface area contributed by atoms with Crippen LogP contribution in [0.2, 0.25) is 0 Å². The highest BCUT2D eigenvalue weighted by Gasteiger charge is 2.15. The second-order valence-corrected chi connectivity index (χ2v) is 4.38. The lowest BCUT2D eigenvalue weighted by atomic mass is 10.2. The smallest absolute Gasteiger partial charge is 0.270 e. The minimum atomic E-state index is -0.457. The summed E-state index contributed by atoms with van der Waals surface area (Å²) in [4.78, 5) is 21.8. The van der Waals surface area contributed by atoms with Gasteiger partial charge in [-0.15, -0.1) is 0 Å². The van der Waals surface area contributed by atoms with Crippen LogP contribution in [0.4, 0.5) is 5.69 Å². The Kier molecular flexibility index (Phi) is 4.25. The molecule has 1 aliphatic heterocycles. The number of carbonyl (C=O) groups excluding carboxylic acids is 1. The third-order valence-corrected chi connectivity index (χ3v) is 2.91. The summed E-state index contributed by atoms with van der Waals surface area (Å²) in [6.07, 6.45) is 3.90. The van der Waals surface area contributed by atoms with Crippen LogP contribution in [0.15, 0.2) is 30.3 Å². The number of nitro groups is 1. The summed E-state index contributed by atoms with van der Waals surface area (Å²) in [5, 5.41) is 16.6. The third kappa shape index (κ3) is 3.89. The van der Waals surface area contributed by atoms with Gasteiger partial charge in [0.15, 0.2) is 0 Å². The molecule has 0 aromatic heterocycles. The molecule has 1 saturated heterocycles. The van der Waals surface area contributed by atoms with Gasteiger partial charge < -0.3 is 10.6 Å². The van der Waals surface area contributed by atoms with Crippen LogP contribution in [0.1, 0.15) is 12.0 Å². The first-order valence-electron chi connectivity index (χ1n) is 6.09. The Bertz CT molecular complexity index is 508. The maximum absolute atomic E-state index is 11.6. The maximum Gasteiger partial charge on any atom is 0.270 e. The summed E-state index contributed by atoms with van der Waals surface area (Å²) in [6.45, 7) is 1.70. The van der Waals surface area contributed by atoms with Crippen molar-refractivity contribution >= 4 is 17.7 Å². The molecule has 1 aromatic carbocycles. The Morgan fingerprint density at radius 2 is 2.37 bits per heavy atom. The van der Waals surface area contributed by atoms with Crippen LogP contribution in [0.3, 0.4) is 0 Å². The Balaban J connectivity index is 1.95. The maximum atomic E-state index is 11.6. The molecule has 6 nitrogen and oxygen atoms in total. The molecule has 1 unspecified atom stereocenters. The second kappa shape index (κ2) is 6.10. The van der Waals surface area contributed by atoms with E-state index in [1.54, 1.807) is 18.2 Å². The van der Waals surface area contributed by atoms with Crippen molar-refractivity contribution < 1.29 is 9.72 Å². The number of carbonyl (C=O) groups is 1. The van der Waals surface area contributed by atoms with Crippen LogP contribution in [0, 0.1) is 10.1 Å². The number of rotatable bonds is 4. The summed E-state index contributed by atoms with van der Waals surface area (Å²) < 4.78 is 0. The van der Waals surface area contributed by atoms with Gasteiger partial charge in [0.1, 0.15) is 0 Å². The van der Waals surface area contributed by atoms with E-state index in [1.807, 2.05) is 0 Å². The normalized spacial score (nSPS) is 18.6. The van der Waals surface area contributed by atoms with E-state index in [-0.39, 0.29) is 17.6 Å². The first kappa shape index (κ1) is 13.2. The highest BCUT2D eigenvalue weighted by molar-refractivity contribution is 5.92. The van der Waals surface area contributed by atoms with Gasteiger partial charge in [-0.25, -0.2) is 0 Å². The molecule has 2 rings (SSSR count). The quantitative estimate of drug-likeness (QED) is 0.482. The fourth-order valence-electron chi connectivity index (χ4n) is 1.94. The Labute approximate surface area is 110 Å². The van der Waals surface area contributed by atoms with Gasteiger partial charge in [-0.3, -0.25) is 14.9 Å². The molecular weight excluding hydrogens is 246 g/mol. The van der Waals surface area contributed by atoms with E-state index in [0.29, 0.717) is 5.56 Å². The van der Waals surface area contributed by atoms with Crippen LogP contribution in [-0.2, 0) is 4.79 Å². The molecule has 1 atom stereocenters. The predicted molar refractivity (Wildman–Crippen MR) is 71.5 cm³/mol. The van der Waals surface area contributed by atoms with Crippen LogP contribution in [0.25, 0.3) is 6.08 Å². The summed E-state index contributed by atoms with van der Waals surface area (Å²) in [6, 6.07) is 6.33. The van der Waals surface area contributed by atoms with Crippen molar-refractivity contribution in [1.82, 2.24) is 10.6 Å². The average Bonchev–Trinajstić information content (AvgIpc) is 2.89. The molecule has 0 saturated carbocycles. The predicted octanol–water partition coefficient (Wildman–Crippen LogP) is 1.09. The lowest BCUT2D eigenvalue weighted by Crippen LogP contribution is -2.34. The molecule has 6 heteroatoms. The second-order valence-electron chi connectivity index (χ2n) is 4.38. The van der Waals surface area contributed by atoms with Crippen molar-refractivity contribution in [2.24, 2.45) is 0 Å². The van der Waals surface area contributed by atoms with Crippen molar-refractivity contribution in [2.45, 2.75) is 12.5 Å². The third-order valence-electron chi connectivity index (χ3n) is 2.91. The Hall–Kier alpha value is -2.21. The van der Waals surface area contributed by atoms with Crippen molar-refractivity contribution in [2.75, 3.05) is 13.1 Å². The summed E-state index contributed by atoms with van der Waals surface area (Å²) in [5.41, 5.74) is 0.649. The number of hydrogen-bond acceptors (Lipinski definition) is 4. The molecule has 0 aliphatic carbocycles. The zero-order chi connectivity index (χ0) is 13.7. The highest BCUT2D eigenvalue weighted by Crippen LogP contribution is 2.14. The van der Waals surface area contributed by atoms with E-state index in [9.17, 15) is 14.9 Å². The monoisotopic (exact) mass is 261 g/mol. The molecule has 1 aromatic rings. The van der Waals surface area contributed by atoms with Crippen LogP contribution in [-0.4, -0.2) is 30.0 Å². The first-order chi connectivity index (χ1) is 9.15. The van der Waals surface area contributed by atoms with E-state index in [4.69, 9.17) is 0 Å². The number of nitro benzene ring substituents is 1. The number of amides is 1. The average molecular weight is 261 g/mol. The van der Waals surface area contributed by atoms with Crippen molar-refractivity contribution in [1.29, 1.82) is 0 Å². The molecule has 1 fully saturated rings. The number of nitrogens with one attached hydrogen (secondary N) is 2. The van der Waals surface area contributed by atoms with Gasteiger partial charge >= 0.3 is 0 Å². The SMILES string of the molecule is O=C(C=Cc1cccc([N+](=O)[O-])c1)NC1CCNC1. The lowest BCUT2D eigenvalue weighted by molar-refractivity contribution is -0.384. The number of non-ortho nitro benzene ring substituents is 1. The van der Waals surface area contributed by atoms with Crippen molar-refractivity contribution in [3.63, 3.8) is 0 Å². The van der Waals surface area contributed by atoms with E-state index >= 15 is 0 Å². The van der Waals surface area contributed by atoms with E-state index in [0.717, 1.165) is 19.5 Å². The van der Waals surface area contributed by atoms with Gasteiger partial charge in [0.05, 0.1) is 4.92 Å². The van der Waals surface area contributed by atoms with E-state index < -0.39 is 4.92 Å². The molecule has 2 N–H and O–H groups in total. The fourth-order valence-corrected chi connectivity index (χ4v) is 1.94. The van der Waals surface area contributed by atoms with Gasteiger partial charge in [-0.1, -0.05) is 12.1 Å². The number of nitrogens with zero attached hydrogens (tertiary/aromatic N) is 1. The first-order valence-corrected chi connectivity index (χ1v) is 6.09. The van der Waals surface area contributed by atoms with Crippen LogP contribution >= 0.6 is 0 Å². The van der Waals surface area contributed by atoms with E-state index in [1.165, 1.54) is 18.2 Å². The number of hydrogen-bond donors (Lipinski definition) is 2. The zero-order valence-corrected chi connectivity index (χ0v) is 10.3. The molecular formula is C13H15N3O3. The molecule has 1 heterocycles. The largest absolute Gasteiger partial charge is 0.348 e. The van der Waals surface area contributed by atoms with Crippen molar-refractivity contribution in [3.05, 3.63) is 46.0 Å². The molecule has 0 bridgehead atoms. The number of benzene rings is 1. The minimum absolute atomic E-state index is 0.0163.